The molecule has 21 heavy (non-hydrogen) atoms. The van der Waals surface area contributed by atoms with E-state index in [1.54, 1.807) is 0 Å². The Morgan fingerprint density at radius 3 is 2.10 bits per heavy atom. The monoisotopic (exact) mass is 299 g/mol. The second kappa shape index (κ2) is 5.87. The fourth-order valence-electron chi connectivity index (χ4n) is 2.76. The highest BCUT2D eigenvalue weighted by Gasteiger charge is 2.40. The maximum Gasteiger partial charge on any atom is 0.416 e. The third-order valence-electron chi connectivity index (χ3n) is 4.19. The van der Waals surface area contributed by atoms with Gasteiger partial charge in [-0.3, -0.25) is 0 Å². The fourth-order valence-corrected chi connectivity index (χ4v) is 2.76. The second-order valence-corrected chi connectivity index (χ2v) is 6.03. The highest BCUT2D eigenvalue weighted by molar-refractivity contribution is 5.28. The van der Waals surface area contributed by atoms with Gasteiger partial charge in [0.05, 0.1) is 5.56 Å². The summed E-state index contributed by atoms with van der Waals surface area (Å²) in [7, 11) is 0. The van der Waals surface area contributed by atoms with Crippen molar-refractivity contribution >= 4 is 0 Å². The van der Waals surface area contributed by atoms with E-state index in [0.29, 0.717) is 18.4 Å². The molecule has 0 unspecified atom stereocenters. The topological polar surface area (TPSA) is 21.3 Å². The van der Waals surface area contributed by atoms with Crippen LogP contribution in [-0.2, 0) is 6.18 Å². The third kappa shape index (κ3) is 4.13. The molecule has 1 aromatic carbocycles. The molecule has 2 aliphatic rings. The minimum absolute atomic E-state index is 0.485. The summed E-state index contributed by atoms with van der Waals surface area (Å²) in [6.45, 7) is 1.24. The van der Waals surface area contributed by atoms with Gasteiger partial charge < -0.3 is 10.1 Å². The number of hydrogen-bond acceptors (Lipinski definition) is 2. The van der Waals surface area contributed by atoms with Crippen molar-refractivity contribution in [2.45, 2.75) is 37.9 Å². The number of alkyl halides is 3. The van der Waals surface area contributed by atoms with Crippen molar-refractivity contribution in [3.63, 3.8) is 0 Å². The summed E-state index contributed by atoms with van der Waals surface area (Å²) in [6.07, 6.45) is 1.02. The smallest absolute Gasteiger partial charge is 0.416 e. The Labute approximate surface area is 122 Å². The van der Waals surface area contributed by atoms with Gasteiger partial charge in [-0.1, -0.05) is 0 Å². The molecule has 5 heteroatoms. The van der Waals surface area contributed by atoms with Crippen LogP contribution in [0.4, 0.5) is 13.2 Å². The predicted molar refractivity (Wildman–Crippen MR) is 74.2 cm³/mol. The first kappa shape index (κ1) is 14.7. The Kier molecular flexibility index (Phi) is 4.11. The second-order valence-electron chi connectivity index (χ2n) is 6.03. The van der Waals surface area contributed by atoms with Crippen LogP contribution in [0.15, 0.2) is 24.3 Å². The first-order valence-electron chi connectivity index (χ1n) is 7.57. The van der Waals surface area contributed by atoms with Crippen molar-refractivity contribution < 1.29 is 17.9 Å². The molecule has 1 N–H and O–H groups in total. The van der Waals surface area contributed by atoms with Crippen molar-refractivity contribution in [2.24, 2.45) is 11.8 Å². The summed E-state index contributed by atoms with van der Waals surface area (Å²) in [6, 6.07) is 5.49. The summed E-state index contributed by atoms with van der Waals surface area (Å²) in [5.74, 6) is 2.16. The molecule has 3 rings (SSSR count). The van der Waals surface area contributed by atoms with Gasteiger partial charge in [-0.25, -0.2) is 0 Å². The first-order valence-corrected chi connectivity index (χ1v) is 7.57. The molecule has 0 radical (unpaired) electrons. The Hall–Kier alpha value is -1.23. The molecular weight excluding hydrogens is 279 g/mol. The zero-order valence-corrected chi connectivity index (χ0v) is 11.8. The van der Waals surface area contributed by atoms with E-state index in [4.69, 9.17) is 4.74 Å². The van der Waals surface area contributed by atoms with Crippen LogP contribution < -0.4 is 10.1 Å². The zero-order valence-electron chi connectivity index (χ0n) is 11.8. The number of halogens is 3. The third-order valence-corrected chi connectivity index (χ3v) is 4.19. The van der Waals surface area contributed by atoms with Crippen LogP contribution >= 0.6 is 0 Å². The van der Waals surface area contributed by atoms with E-state index in [1.165, 1.54) is 37.8 Å². The minimum Gasteiger partial charge on any atom is -0.492 e. The van der Waals surface area contributed by atoms with Crippen LogP contribution in [0.2, 0.25) is 0 Å². The molecule has 0 saturated heterocycles. The number of benzene rings is 1. The van der Waals surface area contributed by atoms with Crippen molar-refractivity contribution in [3.05, 3.63) is 29.8 Å². The Balaban J connectivity index is 1.40. The van der Waals surface area contributed by atoms with Crippen LogP contribution in [0.3, 0.4) is 0 Å². The molecule has 0 bridgehead atoms. The molecular formula is C16H20F3NO. The summed E-state index contributed by atoms with van der Waals surface area (Å²) in [4.78, 5) is 0. The highest BCUT2D eigenvalue weighted by Crippen LogP contribution is 2.44. The van der Waals surface area contributed by atoms with Gasteiger partial charge >= 0.3 is 6.18 Å². The van der Waals surface area contributed by atoms with Crippen LogP contribution in [0.1, 0.15) is 31.2 Å². The van der Waals surface area contributed by atoms with E-state index in [1.807, 2.05) is 0 Å². The molecule has 2 nitrogen and oxygen atoms in total. The normalized spacial score (nSPS) is 19.0. The predicted octanol–water partition coefficient (Wildman–Crippen LogP) is 3.86. The lowest BCUT2D eigenvalue weighted by Gasteiger charge is -2.17. The Morgan fingerprint density at radius 2 is 1.62 bits per heavy atom. The summed E-state index contributed by atoms with van der Waals surface area (Å²) < 4.78 is 42.8. The van der Waals surface area contributed by atoms with Crippen LogP contribution in [0.25, 0.3) is 0 Å². The molecule has 0 aromatic heterocycles. The number of nitrogens with one attached hydrogen (secondary N) is 1. The molecule has 2 saturated carbocycles. The van der Waals surface area contributed by atoms with Gasteiger partial charge in [0, 0.05) is 12.6 Å². The molecule has 1 aromatic rings. The SMILES string of the molecule is FC(F)(F)c1ccc(OCCNC(C2CC2)C2CC2)cc1. The maximum atomic E-state index is 12.4. The average Bonchev–Trinajstić information content (AvgIpc) is 3.31. The van der Waals surface area contributed by atoms with Crippen molar-refractivity contribution in [1.29, 1.82) is 0 Å². The van der Waals surface area contributed by atoms with Gasteiger partial charge in [-0.15, -0.1) is 0 Å². The standard InChI is InChI=1S/C16H20F3NO/c17-16(18,19)13-5-7-14(8-6-13)21-10-9-20-15(11-1-2-11)12-3-4-12/h5-8,11-12,15,20H,1-4,9-10H2. The summed E-state index contributed by atoms with van der Waals surface area (Å²) >= 11 is 0. The van der Waals surface area contributed by atoms with Crippen molar-refractivity contribution in [1.82, 2.24) is 5.32 Å². The lowest BCUT2D eigenvalue weighted by Crippen LogP contribution is -2.36. The van der Waals surface area contributed by atoms with Crippen LogP contribution in [0.5, 0.6) is 5.75 Å². The lowest BCUT2D eigenvalue weighted by molar-refractivity contribution is -0.137. The maximum absolute atomic E-state index is 12.4. The molecule has 0 spiro atoms. The molecule has 0 atom stereocenters. The minimum atomic E-state index is -4.29. The van der Waals surface area contributed by atoms with E-state index in [-0.39, 0.29) is 0 Å². The number of rotatable bonds is 7. The lowest BCUT2D eigenvalue weighted by atomic mass is 10.1. The first-order chi connectivity index (χ1) is 10.0. The van der Waals surface area contributed by atoms with Crippen LogP contribution in [0, 0.1) is 11.8 Å². The van der Waals surface area contributed by atoms with Gasteiger partial charge in [0.15, 0.2) is 0 Å². The Bertz CT molecular complexity index is 451. The quantitative estimate of drug-likeness (QED) is 0.772. The molecule has 0 aliphatic heterocycles. The summed E-state index contributed by atoms with van der Waals surface area (Å²) in [5.41, 5.74) is -0.643. The van der Waals surface area contributed by atoms with Crippen LogP contribution in [-0.4, -0.2) is 19.2 Å². The molecule has 0 heterocycles. The van der Waals surface area contributed by atoms with Crippen molar-refractivity contribution in [3.8, 4) is 5.75 Å². The Morgan fingerprint density at radius 1 is 1.05 bits per heavy atom. The summed E-state index contributed by atoms with van der Waals surface area (Å²) in [5, 5.41) is 3.54. The van der Waals surface area contributed by atoms with Gasteiger partial charge in [0.2, 0.25) is 0 Å². The van der Waals surface area contributed by atoms with Gasteiger partial charge in [-0.2, -0.15) is 13.2 Å². The fraction of sp³-hybridized carbons (Fsp3) is 0.625. The number of hydrogen-bond donors (Lipinski definition) is 1. The van der Waals surface area contributed by atoms with Gasteiger partial charge in [0.1, 0.15) is 12.4 Å². The van der Waals surface area contributed by atoms with E-state index < -0.39 is 11.7 Å². The largest absolute Gasteiger partial charge is 0.492 e. The molecule has 116 valence electrons. The van der Waals surface area contributed by atoms with E-state index in [9.17, 15) is 13.2 Å². The van der Waals surface area contributed by atoms with Gasteiger partial charge in [0.25, 0.3) is 0 Å². The molecule has 2 fully saturated rings. The van der Waals surface area contributed by atoms with Gasteiger partial charge in [-0.05, 0) is 61.8 Å². The van der Waals surface area contributed by atoms with E-state index >= 15 is 0 Å². The number of ether oxygens (including phenoxy) is 1. The van der Waals surface area contributed by atoms with E-state index in [2.05, 4.69) is 5.32 Å². The molecule has 2 aliphatic carbocycles. The average molecular weight is 299 g/mol. The highest BCUT2D eigenvalue weighted by atomic mass is 19.4. The van der Waals surface area contributed by atoms with E-state index in [0.717, 1.165) is 30.5 Å². The molecule has 0 amide bonds. The zero-order chi connectivity index (χ0) is 14.9. The van der Waals surface area contributed by atoms with Crippen molar-refractivity contribution in [2.75, 3.05) is 13.2 Å².